The quantitative estimate of drug-likeness (QED) is 0.620. The Morgan fingerprint density at radius 1 is 1.27 bits per heavy atom. The fourth-order valence-corrected chi connectivity index (χ4v) is 3.54. The van der Waals surface area contributed by atoms with Gasteiger partial charge in [0.2, 0.25) is 5.91 Å². The number of nitrogens with one attached hydrogen (secondary N) is 1. The van der Waals surface area contributed by atoms with E-state index >= 15 is 0 Å². The van der Waals surface area contributed by atoms with Crippen molar-refractivity contribution in [1.29, 1.82) is 0 Å². The number of amides is 4. The number of unbranched alkanes of at least 4 members (excludes halogenated alkanes) is 1. The number of hydrogen-bond acceptors (Lipinski definition) is 6. The number of hydrogen-bond donors (Lipinski definition) is 2. The van der Waals surface area contributed by atoms with Crippen molar-refractivity contribution < 1.29 is 28.7 Å². The highest BCUT2D eigenvalue weighted by Gasteiger charge is 2.42. The minimum absolute atomic E-state index is 0.0205. The summed E-state index contributed by atoms with van der Waals surface area (Å²) in [7, 11) is 1.56. The lowest BCUT2D eigenvalue weighted by atomic mass is 9.84. The average Bonchev–Trinajstić information content (AvgIpc) is 2.72. The van der Waals surface area contributed by atoms with Gasteiger partial charge in [-0.05, 0) is 37.5 Å². The number of methoxy groups -OCH3 is 1. The number of esters is 1. The highest BCUT2D eigenvalue weighted by Crippen LogP contribution is 2.38. The standard InChI is InChI=1S/C21H29N3O6/c1-4-5-12-24-17(25)11-10-16(18(24)14-6-8-15(29-3)9-7-14)20(27)30-13(2)19(26)23-21(22)28/h6-9,13,16,18H,4-5,10-12H2,1-3H3,(H3,22,23,26,28)/t13-,16-,18+/m0/s1. The number of nitrogens with zero attached hydrogens (tertiary/aromatic N) is 1. The number of primary amides is 1. The molecule has 1 fully saturated rings. The molecule has 0 aliphatic carbocycles. The van der Waals surface area contributed by atoms with Crippen molar-refractivity contribution in [3.63, 3.8) is 0 Å². The molecular weight excluding hydrogens is 390 g/mol. The maximum Gasteiger partial charge on any atom is 0.318 e. The van der Waals surface area contributed by atoms with E-state index < -0.39 is 36.0 Å². The van der Waals surface area contributed by atoms with Crippen molar-refractivity contribution >= 4 is 23.8 Å². The Kier molecular flexibility index (Phi) is 8.20. The van der Waals surface area contributed by atoms with E-state index in [4.69, 9.17) is 15.2 Å². The molecule has 9 heteroatoms. The monoisotopic (exact) mass is 419 g/mol. The van der Waals surface area contributed by atoms with Gasteiger partial charge in [-0.25, -0.2) is 4.79 Å². The summed E-state index contributed by atoms with van der Waals surface area (Å²) >= 11 is 0. The molecule has 0 bridgehead atoms. The van der Waals surface area contributed by atoms with Crippen molar-refractivity contribution in [2.75, 3.05) is 13.7 Å². The van der Waals surface area contributed by atoms with Crippen LogP contribution in [0.25, 0.3) is 0 Å². The van der Waals surface area contributed by atoms with Crippen molar-refractivity contribution in [2.24, 2.45) is 11.7 Å². The van der Waals surface area contributed by atoms with Crippen LogP contribution in [-0.2, 0) is 19.1 Å². The van der Waals surface area contributed by atoms with Gasteiger partial charge in [0, 0.05) is 13.0 Å². The van der Waals surface area contributed by atoms with Crippen LogP contribution in [0.2, 0.25) is 0 Å². The molecule has 2 rings (SSSR count). The molecule has 9 nitrogen and oxygen atoms in total. The van der Waals surface area contributed by atoms with Crippen LogP contribution in [0.15, 0.2) is 24.3 Å². The number of nitrogens with two attached hydrogens (primary N) is 1. The van der Waals surface area contributed by atoms with E-state index in [9.17, 15) is 19.2 Å². The van der Waals surface area contributed by atoms with Crippen LogP contribution >= 0.6 is 0 Å². The third kappa shape index (κ3) is 5.71. The molecule has 1 aliphatic rings. The second-order valence-electron chi connectivity index (χ2n) is 7.24. The molecule has 164 valence electrons. The summed E-state index contributed by atoms with van der Waals surface area (Å²) in [4.78, 5) is 50.1. The lowest BCUT2D eigenvalue weighted by Gasteiger charge is -2.40. The van der Waals surface area contributed by atoms with Crippen molar-refractivity contribution in [1.82, 2.24) is 10.2 Å². The number of likely N-dealkylation sites (tertiary alicyclic amines) is 1. The maximum atomic E-state index is 13.0. The first-order chi connectivity index (χ1) is 14.3. The molecule has 30 heavy (non-hydrogen) atoms. The van der Waals surface area contributed by atoms with Crippen LogP contribution < -0.4 is 15.8 Å². The molecule has 0 aromatic heterocycles. The van der Waals surface area contributed by atoms with Crippen LogP contribution in [0, 0.1) is 5.92 Å². The van der Waals surface area contributed by atoms with E-state index in [0.717, 1.165) is 18.4 Å². The van der Waals surface area contributed by atoms with Gasteiger partial charge >= 0.3 is 12.0 Å². The number of piperidine rings is 1. The first-order valence-corrected chi connectivity index (χ1v) is 10.0. The van der Waals surface area contributed by atoms with Gasteiger partial charge in [-0.1, -0.05) is 25.5 Å². The third-order valence-corrected chi connectivity index (χ3v) is 5.13. The Labute approximate surface area is 175 Å². The fraction of sp³-hybridized carbons (Fsp3) is 0.524. The minimum atomic E-state index is -1.19. The molecule has 1 saturated heterocycles. The van der Waals surface area contributed by atoms with Crippen molar-refractivity contribution in [3.05, 3.63) is 29.8 Å². The second-order valence-corrected chi connectivity index (χ2v) is 7.24. The van der Waals surface area contributed by atoms with E-state index in [1.165, 1.54) is 6.92 Å². The number of urea groups is 1. The zero-order valence-electron chi connectivity index (χ0n) is 17.6. The number of benzene rings is 1. The molecule has 3 N–H and O–H groups in total. The molecule has 1 aromatic rings. The maximum absolute atomic E-state index is 13.0. The zero-order valence-corrected chi connectivity index (χ0v) is 17.6. The first-order valence-electron chi connectivity index (χ1n) is 10.0. The van der Waals surface area contributed by atoms with Crippen LogP contribution in [0.1, 0.15) is 51.1 Å². The average molecular weight is 419 g/mol. The van der Waals surface area contributed by atoms with Gasteiger partial charge < -0.3 is 20.1 Å². The summed E-state index contributed by atoms with van der Waals surface area (Å²) in [6.45, 7) is 3.91. The minimum Gasteiger partial charge on any atom is -0.497 e. The Morgan fingerprint density at radius 2 is 1.93 bits per heavy atom. The molecule has 1 heterocycles. The predicted octanol–water partition coefficient (Wildman–Crippen LogP) is 1.90. The lowest BCUT2D eigenvalue weighted by Crippen LogP contribution is -2.48. The van der Waals surface area contributed by atoms with E-state index in [-0.39, 0.29) is 12.3 Å². The Balaban J connectivity index is 2.29. The van der Waals surface area contributed by atoms with E-state index in [1.54, 1.807) is 24.1 Å². The Hall–Kier alpha value is -3.10. The highest BCUT2D eigenvalue weighted by molar-refractivity contribution is 5.96. The number of rotatable bonds is 8. The molecule has 0 unspecified atom stereocenters. The largest absolute Gasteiger partial charge is 0.497 e. The lowest BCUT2D eigenvalue weighted by molar-refractivity contribution is -0.164. The second kappa shape index (κ2) is 10.6. The van der Waals surface area contributed by atoms with Crippen LogP contribution in [0.4, 0.5) is 4.79 Å². The van der Waals surface area contributed by atoms with Gasteiger partial charge in [-0.15, -0.1) is 0 Å². The molecule has 4 amide bonds. The molecule has 0 radical (unpaired) electrons. The van der Waals surface area contributed by atoms with E-state index in [2.05, 4.69) is 0 Å². The summed E-state index contributed by atoms with van der Waals surface area (Å²) in [6, 6.07) is 5.67. The van der Waals surface area contributed by atoms with Crippen molar-refractivity contribution in [3.8, 4) is 5.75 Å². The number of ether oxygens (including phenoxy) is 2. The van der Waals surface area contributed by atoms with Gasteiger partial charge in [0.05, 0.1) is 19.1 Å². The molecule has 3 atom stereocenters. The number of imide groups is 1. The topological polar surface area (TPSA) is 128 Å². The van der Waals surface area contributed by atoms with Crippen LogP contribution in [-0.4, -0.2) is 48.5 Å². The summed E-state index contributed by atoms with van der Waals surface area (Å²) in [6.07, 6.45) is 1.04. The van der Waals surface area contributed by atoms with Gasteiger partial charge in [0.1, 0.15) is 5.75 Å². The van der Waals surface area contributed by atoms with Gasteiger partial charge in [-0.2, -0.15) is 0 Å². The van der Waals surface area contributed by atoms with Crippen LogP contribution in [0.5, 0.6) is 5.75 Å². The summed E-state index contributed by atoms with van der Waals surface area (Å²) in [5.74, 6) is -1.40. The Bertz CT molecular complexity index is 779. The third-order valence-electron chi connectivity index (χ3n) is 5.13. The first kappa shape index (κ1) is 23.2. The number of carbonyl (C=O) groups excluding carboxylic acids is 4. The molecule has 1 aliphatic heterocycles. The highest BCUT2D eigenvalue weighted by atomic mass is 16.5. The van der Waals surface area contributed by atoms with E-state index in [0.29, 0.717) is 18.7 Å². The predicted molar refractivity (Wildman–Crippen MR) is 108 cm³/mol. The van der Waals surface area contributed by atoms with Gasteiger partial charge in [-0.3, -0.25) is 19.7 Å². The smallest absolute Gasteiger partial charge is 0.318 e. The zero-order chi connectivity index (χ0) is 22.3. The summed E-state index contributed by atoms with van der Waals surface area (Å²) < 4.78 is 10.5. The molecule has 0 spiro atoms. The normalized spacial score (nSPS) is 19.7. The fourth-order valence-electron chi connectivity index (χ4n) is 3.54. The Morgan fingerprint density at radius 3 is 2.50 bits per heavy atom. The van der Waals surface area contributed by atoms with Crippen molar-refractivity contribution in [2.45, 2.75) is 51.7 Å². The van der Waals surface area contributed by atoms with Crippen LogP contribution in [0.3, 0.4) is 0 Å². The van der Waals surface area contributed by atoms with Gasteiger partial charge in [0.15, 0.2) is 6.10 Å². The molecule has 1 aromatic carbocycles. The molecular formula is C21H29N3O6. The summed E-state index contributed by atoms with van der Waals surface area (Å²) in [5, 5.41) is 1.89. The SMILES string of the molecule is CCCCN1C(=O)CC[C@H](C(=O)O[C@@H](C)C(=O)NC(N)=O)[C@H]1c1ccc(OC)cc1. The van der Waals surface area contributed by atoms with E-state index in [1.807, 2.05) is 24.4 Å². The number of carbonyl (C=O) groups is 4. The van der Waals surface area contributed by atoms with Gasteiger partial charge in [0.25, 0.3) is 5.91 Å². The summed E-state index contributed by atoms with van der Waals surface area (Å²) in [5.41, 5.74) is 5.73. The molecule has 0 saturated carbocycles.